The van der Waals surface area contributed by atoms with Crippen LogP contribution < -0.4 is 5.32 Å². The first-order valence-corrected chi connectivity index (χ1v) is 12.1. The van der Waals surface area contributed by atoms with Crippen molar-refractivity contribution in [3.8, 4) is 0 Å². The van der Waals surface area contributed by atoms with Gasteiger partial charge in [-0.25, -0.2) is 8.42 Å². The van der Waals surface area contributed by atoms with E-state index in [9.17, 15) is 13.2 Å². The Labute approximate surface area is 179 Å². The summed E-state index contributed by atoms with van der Waals surface area (Å²) in [7, 11) is -3.69. The molecule has 0 radical (unpaired) electrons. The maximum atomic E-state index is 13.0. The summed E-state index contributed by atoms with van der Waals surface area (Å²) in [6, 6.07) is 17.8. The van der Waals surface area contributed by atoms with Gasteiger partial charge < -0.3 is 5.32 Å². The van der Waals surface area contributed by atoms with Gasteiger partial charge in [-0.3, -0.25) is 9.69 Å². The molecule has 0 bridgehead atoms. The van der Waals surface area contributed by atoms with E-state index in [-0.39, 0.29) is 16.8 Å². The van der Waals surface area contributed by atoms with Gasteiger partial charge in [0.05, 0.1) is 10.9 Å². The summed E-state index contributed by atoms with van der Waals surface area (Å²) in [5, 5.41) is 3.04. The Morgan fingerprint density at radius 1 is 1.07 bits per heavy atom. The van der Waals surface area contributed by atoms with E-state index in [1.807, 2.05) is 18.2 Å². The molecule has 1 aliphatic rings. The number of sulfonamides is 1. The number of rotatable bonds is 9. The predicted molar refractivity (Wildman–Crippen MR) is 118 cm³/mol. The normalized spacial score (nSPS) is 18.4. The second-order valence-corrected chi connectivity index (χ2v) is 9.37. The van der Waals surface area contributed by atoms with Crippen LogP contribution in [0.25, 0.3) is 0 Å². The molecule has 0 spiro atoms. The van der Waals surface area contributed by atoms with E-state index in [2.05, 4.69) is 36.2 Å². The van der Waals surface area contributed by atoms with Gasteiger partial charge in [0, 0.05) is 13.1 Å². The van der Waals surface area contributed by atoms with Crippen LogP contribution in [0, 0.1) is 0 Å². The molecule has 0 aromatic heterocycles. The summed E-state index contributed by atoms with van der Waals surface area (Å²) in [6.45, 7) is 6.75. The van der Waals surface area contributed by atoms with Crippen LogP contribution in [-0.2, 0) is 14.8 Å². The molecule has 1 fully saturated rings. The lowest BCUT2D eigenvalue weighted by molar-refractivity contribution is -0.124. The lowest BCUT2D eigenvalue weighted by Crippen LogP contribution is -2.48. The minimum atomic E-state index is -3.69. The van der Waals surface area contributed by atoms with Crippen LogP contribution in [0.5, 0.6) is 0 Å². The number of hydrogen-bond acceptors (Lipinski definition) is 4. The monoisotopic (exact) mass is 429 g/mol. The molecule has 2 aromatic carbocycles. The quantitative estimate of drug-likeness (QED) is 0.665. The summed E-state index contributed by atoms with van der Waals surface area (Å²) >= 11 is 0. The zero-order valence-corrected chi connectivity index (χ0v) is 18.5. The lowest BCUT2D eigenvalue weighted by Gasteiger charge is -2.31. The third-order valence-corrected chi connectivity index (χ3v) is 7.69. The average Bonchev–Trinajstić information content (AvgIpc) is 3.29. The van der Waals surface area contributed by atoms with Crippen molar-refractivity contribution >= 4 is 15.9 Å². The van der Waals surface area contributed by atoms with Crippen LogP contribution in [0.15, 0.2) is 65.6 Å². The summed E-state index contributed by atoms with van der Waals surface area (Å²) in [5.41, 5.74) is 1.14. The lowest BCUT2D eigenvalue weighted by atomic mass is 10.0. The minimum Gasteiger partial charge on any atom is -0.353 e. The van der Waals surface area contributed by atoms with E-state index in [0.717, 1.165) is 18.7 Å². The molecule has 1 saturated heterocycles. The molecule has 1 heterocycles. The Bertz CT molecular complexity index is 915. The maximum absolute atomic E-state index is 13.0. The molecule has 1 amide bonds. The Morgan fingerprint density at radius 3 is 2.27 bits per heavy atom. The predicted octanol–water partition coefficient (Wildman–Crippen LogP) is 3.04. The highest BCUT2D eigenvalue weighted by atomic mass is 32.2. The van der Waals surface area contributed by atoms with Crippen molar-refractivity contribution in [1.29, 1.82) is 0 Å². The topological polar surface area (TPSA) is 69.7 Å². The number of hydrogen-bond donors (Lipinski definition) is 1. The van der Waals surface area contributed by atoms with Crippen LogP contribution in [0.3, 0.4) is 0 Å². The van der Waals surface area contributed by atoms with Crippen LogP contribution in [-0.4, -0.2) is 55.8 Å². The maximum Gasteiger partial charge on any atom is 0.243 e. The van der Waals surface area contributed by atoms with E-state index >= 15 is 0 Å². The molecule has 0 saturated carbocycles. The van der Waals surface area contributed by atoms with Crippen LogP contribution in [0.4, 0.5) is 0 Å². The Kier molecular flexibility index (Phi) is 7.64. The third kappa shape index (κ3) is 4.91. The first kappa shape index (κ1) is 22.5. The SMILES string of the molecule is CCN(CC)C(CNC(=O)C1CCCN1S(=O)(=O)c1ccccc1)c1ccccc1. The fourth-order valence-electron chi connectivity index (χ4n) is 4.13. The molecule has 3 rings (SSSR count). The van der Waals surface area contributed by atoms with Crippen molar-refractivity contribution in [3.05, 3.63) is 66.2 Å². The Morgan fingerprint density at radius 2 is 1.67 bits per heavy atom. The molecule has 1 N–H and O–H groups in total. The molecule has 1 aliphatic heterocycles. The number of nitrogens with zero attached hydrogens (tertiary/aromatic N) is 2. The highest BCUT2D eigenvalue weighted by Crippen LogP contribution is 2.26. The summed E-state index contributed by atoms with van der Waals surface area (Å²) < 4.78 is 27.4. The molecule has 162 valence electrons. The zero-order valence-electron chi connectivity index (χ0n) is 17.7. The van der Waals surface area contributed by atoms with E-state index in [1.165, 1.54) is 4.31 Å². The van der Waals surface area contributed by atoms with Crippen molar-refractivity contribution in [1.82, 2.24) is 14.5 Å². The van der Waals surface area contributed by atoms with E-state index in [0.29, 0.717) is 25.9 Å². The first-order chi connectivity index (χ1) is 14.5. The van der Waals surface area contributed by atoms with Crippen LogP contribution in [0.1, 0.15) is 38.3 Å². The van der Waals surface area contributed by atoms with Crippen molar-refractivity contribution in [2.24, 2.45) is 0 Å². The van der Waals surface area contributed by atoms with Gasteiger partial charge in [0.25, 0.3) is 0 Å². The number of nitrogens with one attached hydrogen (secondary N) is 1. The van der Waals surface area contributed by atoms with Gasteiger partial charge in [-0.1, -0.05) is 62.4 Å². The molecule has 7 heteroatoms. The van der Waals surface area contributed by atoms with E-state index in [4.69, 9.17) is 0 Å². The second-order valence-electron chi connectivity index (χ2n) is 7.48. The third-order valence-electron chi connectivity index (χ3n) is 5.76. The molecule has 0 aliphatic carbocycles. The molecular formula is C23H31N3O3S. The fourth-order valence-corrected chi connectivity index (χ4v) is 5.81. The smallest absolute Gasteiger partial charge is 0.243 e. The number of benzene rings is 2. The van der Waals surface area contributed by atoms with Gasteiger partial charge in [-0.2, -0.15) is 4.31 Å². The van der Waals surface area contributed by atoms with Gasteiger partial charge in [0.2, 0.25) is 15.9 Å². The van der Waals surface area contributed by atoms with Gasteiger partial charge in [-0.15, -0.1) is 0 Å². The van der Waals surface area contributed by atoms with E-state index in [1.54, 1.807) is 30.3 Å². The number of likely N-dealkylation sites (N-methyl/N-ethyl adjacent to an activating group) is 1. The highest BCUT2D eigenvalue weighted by Gasteiger charge is 2.39. The molecule has 2 unspecified atom stereocenters. The van der Waals surface area contributed by atoms with Gasteiger partial charge in [0.15, 0.2) is 0 Å². The fraction of sp³-hybridized carbons (Fsp3) is 0.435. The minimum absolute atomic E-state index is 0.0470. The molecule has 30 heavy (non-hydrogen) atoms. The number of carbonyl (C=O) groups is 1. The Balaban J connectivity index is 1.74. The largest absolute Gasteiger partial charge is 0.353 e. The van der Waals surface area contributed by atoms with Crippen LogP contribution in [0.2, 0.25) is 0 Å². The summed E-state index contributed by atoms with van der Waals surface area (Å²) in [4.78, 5) is 15.6. The second kappa shape index (κ2) is 10.2. The molecular weight excluding hydrogens is 398 g/mol. The Hall–Kier alpha value is -2.22. The number of carbonyl (C=O) groups excluding carboxylic acids is 1. The molecule has 6 nitrogen and oxygen atoms in total. The van der Waals surface area contributed by atoms with Crippen LogP contribution >= 0.6 is 0 Å². The molecule has 2 atom stereocenters. The summed E-state index contributed by atoms with van der Waals surface area (Å²) in [6.07, 6.45) is 1.22. The highest BCUT2D eigenvalue weighted by molar-refractivity contribution is 7.89. The van der Waals surface area contributed by atoms with Crippen molar-refractivity contribution in [3.63, 3.8) is 0 Å². The number of amides is 1. The van der Waals surface area contributed by atoms with Crippen molar-refractivity contribution in [2.45, 2.75) is 43.7 Å². The standard InChI is InChI=1S/C23H31N3O3S/c1-3-25(4-2)22(19-12-7-5-8-13-19)18-24-23(27)21-16-11-17-26(21)30(28,29)20-14-9-6-10-15-20/h5-10,12-15,21-22H,3-4,11,16-18H2,1-2H3,(H,24,27). The van der Waals surface area contributed by atoms with E-state index < -0.39 is 16.1 Å². The van der Waals surface area contributed by atoms with Crippen molar-refractivity contribution in [2.75, 3.05) is 26.2 Å². The molecule has 2 aromatic rings. The van der Waals surface area contributed by atoms with Gasteiger partial charge in [0.1, 0.15) is 6.04 Å². The van der Waals surface area contributed by atoms with Crippen molar-refractivity contribution < 1.29 is 13.2 Å². The first-order valence-electron chi connectivity index (χ1n) is 10.6. The van der Waals surface area contributed by atoms with Gasteiger partial charge >= 0.3 is 0 Å². The zero-order chi connectivity index (χ0) is 21.6. The van der Waals surface area contributed by atoms with Gasteiger partial charge in [-0.05, 0) is 43.6 Å². The average molecular weight is 430 g/mol. The summed E-state index contributed by atoms with van der Waals surface area (Å²) in [5.74, 6) is -0.222.